The SMILES string of the molecule is CC1(C)CC1NC(=O)C1(CN)CCCCCC1. The summed E-state index contributed by atoms with van der Waals surface area (Å²) in [6.07, 6.45) is 7.87. The molecule has 1 unspecified atom stereocenters. The van der Waals surface area contributed by atoms with Gasteiger partial charge >= 0.3 is 0 Å². The largest absolute Gasteiger partial charge is 0.352 e. The number of hydrogen-bond donors (Lipinski definition) is 2. The molecule has 1 atom stereocenters. The van der Waals surface area contributed by atoms with Crippen molar-refractivity contribution in [2.45, 2.75) is 64.8 Å². The zero-order chi connectivity index (χ0) is 12.5. The zero-order valence-electron chi connectivity index (χ0n) is 11.2. The predicted molar refractivity (Wildman–Crippen MR) is 69.5 cm³/mol. The molecule has 2 aliphatic carbocycles. The summed E-state index contributed by atoms with van der Waals surface area (Å²) in [5, 5.41) is 3.21. The van der Waals surface area contributed by atoms with Crippen LogP contribution in [-0.2, 0) is 4.79 Å². The fourth-order valence-corrected chi connectivity index (χ4v) is 2.95. The smallest absolute Gasteiger partial charge is 0.227 e. The van der Waals surface area contributed by atoms with Gasteiger partial charge in [-0.25, -0.2) is 0 Å². The fraction of sp³-hybridized carbons (Fsp3) is 0.929. The van der Waals surface area contributed by atoms with Crippen LogP contribution in [0, 0.1) is 10.8 Å². The van der Waals surface area contributed by atoms with E-state index in [1.54, 1.807) is 0 Å². The van der Waals surface area contributed by atoms with Crippen molar-refractivity contribution in [3.05, 3.63) is 0 Å². The summed E-state index contributed by atoms with van der Waals surface area (Å²) < 4.78 is 0. The number of hydrogen-bond acceptors (Lipinski definition) is 2. The summed E-state index contributed by atoms with van der Waals surface area (Å²) in [7, 11) is 0. The van der Waals surface area contributed by atoms with Crippen molar-refractivity contribution in [1.29, 1.82) is 0 Å². The Morgan fingerprint density at radius 1 is 1.24 bits per heavy atom. The summed E-state index contributed by atoms with van der Waals surface area (Å²) in [5.74, 6) is 0.220. The lowest BCUT2D eigenvalue weighted by Gasteiger charge is -2.30. The van der Waals surface area contributed by atoms with Gasteiger partial charge in [0.1, 0.15) is 0 Å². The number of nitrogens with one attached hydrogen (secondary N) is 1. The van der Waals surface area contributed by atoms with Crippen molar-refractivity contribution >= 4 is 5.91 Å². The monoisotopic (exact) mass is 238 g/mol. The van der Waals surface area contributed by atoms with E-state index in [0.29, 0.717) is 18.0 Å². The predicted octanol–water partition coefficient (Wildman–Crippen LogP) is 2.20. The second-order valence-electron chi connectivity index (χ2n) is 6.62. The maximum atomic E-state index is 12.5. The zero-order valence-corrected chi connectivity index (χ0v) is 11.2. The third-order valence-electron chi connectivity index (χ3n) is 4.75. The first kappa shape index (κ1) is 12.9. The van der Waals surface area contributed by atoms with E-state index < -0.39 is 0 Å². The average molecular weight is 238 g/mol. The lowest BCUT2D eigenvalue weighted by molar-refractivity contribution is -0.131. The van der Waals surface area contributed by atoms with Crippen LogP contribution >= 0.6 is 0 Å². The lowest BCUT2D eigenvalue weighted by atomic mass is 9.79. The standard InChI is InChI=1S/C14H26N2O/c1-13(2)9-11(13)16-12(17)14(10-15)7-5-3-4-6-8-14/h11H,3-10,15H2,1-2H3,(H,16,17). The second-order valence-corrected chi connectivity index (χ2v) is 6.62. The minimum atomic E-state index is -0.269. The number of carbonyl (C=O) groups is 1. The average Bonchev–Trinajstić information content (AvgIpc) is 2.95. The summed E-state index contributed by atoms with van der Waals surface area (Å²) in [6.45, 7) is 4.92. The molecule has 0 spiro atoms. The fourth-order valence-electron chi connectivity index (χ4n) is 2.95. The Hall–Kier alpha value is -0.570. The Labute approximate surface area is 105 Å². The van der Waals surface area contributed by atoms with Gasteiger partial charge < -0.3 is 11.1 Å². The van der Waals surface area contributed by atoms with E-state index in [-0.39, 0.29) is 11.3 Å². The van der Waals surface area contributed by atoms with Gasteiger partial charge in [0.05, 0.1) is 5.41 Å². The van der Waals surface area contributed by atoms with E-state index in [0.717, 1.165) is 32.1 Å². The third-order valence-corrected chi connectivity index (χ3v) is 4.75. The van der Waals surface area contributed by atoms with E-state index in [1.807, 2.05) is 0 Å². The Bertz CT molecular complexity index is 291. The van der Waals surface area contributed by atoms with Crippen LogP contribution in [0.15, 0.2) is 0 Å². The van der Waals surface area contributed by atoms with Crippen LogP contribution < -0.4 is 11.1 Å². The van der Waals surface area contributed by atoms with E-state index in [1.165, 1.54) is 12.8 Å². The molecule has 0 heterocycles. The maximum absolute atomic E-state index is 12.5. The quantitative estimate of drug-likeness (QED) is 0.741. The van der Waals surface area contributed by atoms with Crippen LogP contribution in [-0.4, -0.2) is 18.5 Å². The van der Waals surface area contributed by atoms with Crippen LogP contribution in [0.2, 0.25) is 0 Å². The Morgan fingerprint density at radius 3 is 2.18 bits per heavy atom. The molecule has 2 aliphatic rings. The van der Waals surface area contributed by atoms with Gasteiger partial charge in [0, 0.05) is 12.6 Å². The number of carbonyl (C=O) groups excluding carboxylic acids is 1. The van der Waals surface area contributed by atoms with E-state index in [9.17, 15) is 4.79 Å². The maximum Gasteiger partial charge on any atom is 0.227 e. The number of rotatable bonds is 3. The van der Waals surface area contributed by atoms with Crippen molar-refractivity contribution in [3.8, 4) is 0 Å². The molecule has 2 rings (SSSR count). The Balaban J connectivity index is 1.98. The Kier molecular flexibility index (Phi) is 3.48. The molecule has 0 radical (unpaired) electrons. The molecule has 0 saturated heterocycles. The van der Waals surface area contributed by atoms with Gasteiger partial charge in [-0.1, -0.05) is 39.5 Å². The van der Waals surface area contributed by atoms with Gasteiger partial charge in [-0.2, -0.15) is 0 Å². The second kappa shape index (κ2) is 4.60. The third kappa shape index (κ3) is 2.65. The van der Waals surface area contributed by atoms with Crippen molar-refractivity contribution in [3.63, 3.8) is 0 Å². The topological polar surface area (TPSA) is 55.1 Å². The van der Waals surface area contributed by atoms with Gasteiger partial charge in [0.15, 0.2) is 0 Å². The summed E-state index contributed by atoms with van der Waals surface area (Å²) in [6, 6.07) is 0.377. The molecule has 2 fully saturated rings. The van der Waals surface area contributed by atoms with Gasteiger partial charge in [-0.05, 0) is 24.7 Å². The molecule has 98 valence electrons. The summed E-state index contributed by atoms with van der Waals surface area (Å²) in [5.41, 5.74) is 5.94. The lowest BCUT2D eigenvalue weighted by Crippen LogP contribution is -2.47. The first-order valence-electron chi connectivity index (χ1n) is 7.01. The van der Waals surface area contributed by atoms with Crippen molar-refractivity contribution in [2.75, 3.05) is 6.54 Å². The highest BCUT2D eigenvalue weighted by Gasteiger charge is 2.49. The van der Waals surface area contributed by atoms with Crippen molar-refractivity contribution in [1.82, 2.24) is 5.32 Å². The molecule has 3 N–H and O–H groups in total. The highest BCUT2D eigenvalue weighted by atomic mass is 16.2. The molecule has 0 aliphatic heterocycles. The summed E-state index contributed by atoms with van der Waals surface area (Å²) >= 11 is 0. The number of nitrogens with two attached hydrogens (primary N) is 1. The van der Waals surface area contributed by atoms with Crippen LogP contribution in [0.1, 0.15) is 58.8 Å². The normalized spacial score (nSPS) is 30.4. The first-order chi connectivity index (χ1) is 8.00. The first-order valence-corrected chi connectivity index (χ1v) is 7.01. The molecule has 1 amide bonds. The molecule has 0 bridgehead atoms. The number of amides is 1. The van der Waals surface area contributed by atoms with E-state index >= 15 is 0 Å². The molecule has 3 heteroatoms. The molecule has 2 saturated carbocycles. The Morgan fingerprint density at radius 2 is 1.76 bits per heavy atom. The minimum Gasteiger partial charge on any atom is -0.352 e. The van der Waals surface area contributed by atoms with Gasteiger partial charge in [0.2, 0.25) is 5.91 Å². The molecule has 3 nitrogen and oxygen atoms in total. The van der Waals surface area contributed by atoms with Crippen LogP contribution in [0.25, 0.3) is 0 Å². The van der Waals surface area contributed by atoms with Gasteiger partial charge in [0.25, 0.3) is 0 Å². The van der Waals surface area contributed by atoms with E-state index in [4.69, 9.17) is 5.73 Å². The van der Waals surface area contributed by atoms with Crippen molar-refractivity contribution < 1.29 is 4.79 Å². The van der Waals surface area contributed by atoms with E-state index in [2.05, 4.69) is 19.2 Å². The van der Waals surface area contributed by atoms with Crippen LogP contribution in [0.5, 0.6) is 0 Å². The highest BCUT2D eigenvalue weighted by molar-refractivity contribution is 5.83. The summed E-state index contributed by atoms with van der Waals surface area (Å²) in [4.78, 5) is 12.5. The van der Waals surface area contributed by atoms with Crippen molar-refractivity contribution in [2.24, 2.45) is 16.6 Å². The molecular weight excluding hydrogens is 212 g/mol. The minimum absolute atomic E-state index is 0.220. The molecule has 0 aromatic carbocycles. The molecular formula is C14H26N2O. The van der Waals surface area contributed by atoms with Gasteiger partial charge in [-0.3, -0.25) is 4.79 Å². The van der Waals surface area contributed by atoms with Gasteiger partial charge in [-0.15, -0.1) is 0 Å². The molecule has 0 aromatic heterocycles. The molecule has 17 heavy (non-hydrogen) atoms. The van der Waals surface area contributed by atoms with Crippen LogP contribution in [0.4, 0.5) is 0 Å². The highest BCUT2D eigenvalue weighted by Crippen LogP contribution is 2.45. The molecule has 0 aromatic rings. The van der Waals surface area contributed by atoms with Crippen LogP contribution in [0.3, 0.4) is 0 Å².